The van der Waals surface area contributed by atoms with Gasteiger partial charge in [0.15, 0.2) is 0 Å². The molecule has 24 heavy (non-hydrogen) atoms. The summed E-state index contributed by atoms with van der Waals surface area (Å²) in [6, 6.07) is 6.91. The van der Waals surface area contributed by atoms with Crippen molar-refractivity contribution in [2.75, 3.05) is 6.54 Å². The molecule has 1 N–H and O–H groups in total. The average molecular weight is 350 g/mol. The molecule has 0 saturated carbocycles. The minimum absolute atomic E-state index is 0.0819. The van der Waals surface area contributed by atoms with Crippen LogP contribution in [0, 0.1) is 18.3 Å². The fraction of sp³-hybridized carbons (Fsp3) is 0.562. The monoisotopic (exact) mass is 350 g/mol. The van der Waals surface area contributed by atoms with Crippen LogP contribution in [0.1, 0.15) is 39.7 Å². The van der Waals surface area contributed by atoms with Gasteiger partial charge in [-0.1, -0.05) is 11.6 Å². The first-order chi connectivity index (χ1) is 11.0. The Morgan fingerprint density at radius 3 is 2.29 bits per heavy atom. The van der Waals surface area contributed by atoms with E-state index in [9.17, 15) is 8.42 Å². The summed E-state index contributed by atoms with van der Waals surface area (Å²) < 4.78 is 39.2. The lowest BCUT2D eigenvalue weighted by Gasteiger charge is -2.32. The minimum Gasteiger partial charge on any atom is -0.399 e. The van der Waals surface area contributed by atoms with Gasteiger partial charge in [-0.2, -0.15) is 5.26 Å². The Labute approximate surface area is 144 Å². The Morgan fingerprint density at radius 2 is 1.75 bits per heavy atom. The highest BCUT2D eigenvalue weighted by atomic mass is 32.2. The highest BCUT2D eigenvalue weighted by Gasteiger charge is 2.51. The molecule has 0 bridgehead atoms. The van der Waals surface area contributed by atoms with E-state index in [0.29, 0.717) is 5.46 Å². The smallest absolute Gasteiger partial charge is 0.399 e. The van der Waals surface area contributed by atoms with Crippen molar-refractivity contribution in [1.82, 2.24) is 4.72 Å². The number of nitrogens with zero attached hydrogens (tertiary/aromatic N) is 1. The molecular formula is C16H23BN2O4S. The third-order valence-electron chi connectivity index (χ3n) is 4.44. The standard InChI is InChI=1S/C16H23BN2O4S/c1-12-9-13(17-22-15(2,3)16(4,5)23-17)11-14(10-12)24(20,21)19-8-6-7-18/h9-11,19H,6,8H2,1-5H3. The number of nitrogens with one attached hydrogen (secondary N) is 1. The number of benzene rings is 1. The van der Waals surface area contributed by atoms with Crippen LogP contribution in [0.4, 0.5) is 0 Å². The van der Waals surface area contributed by atoms with Crippen molar-refractivity contribution in [2.45, 2.75) is 57.1 Å². The average Bonchev–Trinajstić information content (AvgIpc) is 2.67. The Bertz CT molecular complexity index is 753. The van der Waals surface area contributed by atoms with Gasteiger partial charge in [0, 0.05) is 13.0 Å². The number of sulfonamides is 1. The summed E-state index contributed by atoms with van der Waals surface area (Å²) in [5.41, 5.74) is 0.467. The fourth-order valence-electron chi connectivity index (χ4n) is 2.37. The van der Waals surface area contributed by atoms with Crippen LogP contribution in [0.15, 0.2) is 23.1 Å². The summed E-state index contributed by atoms with van der Waals surface area (Å²) in [6.45, 7) is 9.70. The van der Waals surface area contributed by atoms with E-state index in [4.69, 9.17) is 14.6 Å². The van der Waals surface area contributed by atoms with Gasteiger partial charge in [-0.05, 0) is 52.2 Å². The van der Waals surface area contributed by atoms with Crippen LogP contribution in [0.3, 0.4) is 0 Å². The number of nitriles is 1. The molecule has 0 aliphatic carbocycles. The summed E-state index contributed by atoms with van der Waals surface area (Å²) in [4.78, 5) is 0.144. The lowest BCUT2D eigenvalue weighted by Crippen LogP contribution is -2.41. The molecule has 1 aliphatic rings. The highest BCUT2D eigenvalue weighted by molar-refractivity contribution is 7.89. The first-order valence-corrected chi connectivity index (χ1v) is 9.31. The minimum atomic E-state index is -3.68. The van der Waals surface area contributed by atoms with Gasteiger partial charge in [0.25, 0.3) is 0 Å². The maximum Gasteiger partial charge on any atom is 0.494 e. The summed E-state index contributed by atoms with van der Waals surface area (Å²) >= 11 is 0. The van der Waals surface area contributed by atoms with Crippen LogP contribution in [0.2, 0.25) is 0 Å². The SMILES string of the molecule is Cc1cc(B2OC(C)(C)C(C)(C)O2)cc(S(=O)(=O)NCCC#N)c1. The molecule has 130 valence electrons. The van der Waals surface area contributed by atoms with Crippen LogP contribution in [0.5, 0.6) is 0 Å². The predicted octanol–water partition coefficient (Wildman–Crippen LogP) is 1.49. The molecule has 1 heterocycles. The lowest BCUT2D eigenvalue weighted by atomic mass is 9.78. The topological polar surface area (TPSA) is 88.4 Å². The Kier molecular flexibility index (Phi) is 5.12. The van der Waals surface area contributed by atoms with Crippen molar-refractivity contribution in [3.05, 3.63) is 23.8 Å². The van der Waals surface area contributed by atoms with Crippen molar-refractivity contribution in [3.63, 3.8) is 0 Å². The molecule has 0 amide bonds. The molecule has 0 atom stereocenters. The van der Waals surface area contributed by atoms with Gasteiger partial charge in [0.1, 0.15) is 0 Å². The zero-order chi connectivity index (χ0) is 18.2. The van der Waals surface area contributed by atoms with Gasteiger partial charge in [0.2, 0.25) is 10.0 Å². The predicted molar refractivity (Wildman–Crippen MR) is 92.3 cm³/mol. The first kappa shape index (κ1) is 18.9. The van der Waals surface area contributed by atoms with Crippen molar-refractivity contribution in [3.8, 4) is 6.07 Å². The summed E-state index contributed by atoms with van der Waals surface area (Å²) in [5, 5.41) is 8.55. The maximum absolute atomic E-state index is 12.4. The zero-order valence-electron chi connectivity index (χ0n) is 14.7. The van der Waals surface area contributed by atoms with Crippen LogP contribution in [-0.2, 0) is 19.3 Å². The molecule has 2 rings (SSSR count). The summed E-state index contributed by atoms with van der Waals surface area (Å²) in [5.74, 6) is 0. The third-order valence-corrected chi connectivity index (χ3v) is 5.88. The molecule has 6 nitrogen and oxygen atoms in total. The molecule has 0 aromatic heterocycles. The maximum atomic E-state index is 12.4. The molecule has 0 unspecified atom stereocenters. The Balaban J connectivity index is 2.32. The Hall–Kier alpha value is -1.40. The van der Waals surface area contributed by atoms with E-state index in [1.54, 1.807) is 12.1 Å². The van der Waals surface area contributed by atoms with Crippen molar-refractivity contribution >= 4 is 22.6 Å². The lowest BCUT2D eigenvalue weighted by molar-refractivity contribution is 0.00578. The summed E-state index contributed by atoms with van der Waals surface area (Å²) in [7, 11) is -4.30. The van der Waals surface area contributed by atoms with E-state index < -0.39 is 28.3 Å². The van der Waals surface area contributed by atoms with Gasteiger partial charge in [0.05, 0.1) is 22.2 Å². The molecule has 0 radical (unpaired) electrons. The third kappa shape index (κ3) is 3.81. The van der Waals surface area contributed by atoms with E-state index in [2.05, 4.69) is 4.72 Å². The normalized spacial score (nSPS) is 19.2. The van der Waals surface area contributed by atoms with E-state index in [0.717, 1.165) is 5.56 Å². The number of aryl methyl sites for hydroxylation is 1. The van der Waals surface area contributed by atoms with Crippen LogP contribution in [0.25, 0.3) is 0 Å². The van der Waals surface area contributed by atoms with Gasteiger partial charge in [-0.3, -0.25) is 0 Å². The molecular weight excluding hydrogens is 327 g/mol. The summed E-state index contributed by atoms with van der Waals surface area (Å²) in [6.07, 6.45) is 0.120. The molecule has 1 saturated heterocycles. The second-order valence-electron chi connectivity index (χ2n) is 6.97. The number of hydrogen-bond acceptors (Lipinski definition) is 5. The first-order valence-electron chi connectivity index (χ1n) is 7.82. The van der Waals surface area contributed by atoms with Gasteiger partial charge in [-0.15, -0.1) is 0 Å². The van der Waals surface area contributed by atoms with E-state index >= 15 is 0 Å². The molecule has 1 aromatic carbocycles. The second-order valence-corrected chi connectivity index (χ2v) is 8.74. The van der Waals surface area contributed by atoms with Crippen molar-refractivity contribution in [1.29, 1.82) is 5.26 Å². The molecule has 8 heteroatoms. The molecule has 0 spiro atoms. The number of hydrogen-bond donors (Lipinski definition) is 1. The van der Waals surface area contributed by atoms with E-state index in [1.807, 2.05) is 46.8 Å². The fourth-order valence-corrected chi connectivity index (χ4v) is 3.54. The molecule has 1 aliphatic heterocycles. The van der Waals surface area contributed by atoms with Gasteiger partial charge in [-0.25, -0.2) is 13.1 Å². The molecule has 1 fully saturated rings. The van der Waals surface area contributed by atoms with E-state index in [1.165, 1.54) is 0 Å². The van der Waals surface area contributed by atoms with E-state index in [-0.39, 0.29) is 17.9 Å². The highest BCUT2D eigenvalue weighted by Crippen LogP contribution is 2.36. The van der Waals surface area contributed by atoms with Crippen molar-refractivity contribution < 1.29 is 17.7 Å². The largest absolute Gasteiger partial charge is 0.494 e. The molecule has 1 aromatic rings. The zero-order valence-corrected chi connectivity index (χ0v) is 15.5. The quantitative estimate of drug-likeness (QED) is 0.642. The van der Waals surface area contributed by atoms with Crippen molar-refractivity contribution in [2.24, 2.45) is 0 Å². The van der Waals surface area contributed by atoms with Gasteiger partial charge >= 0.3 is 7.12 Å². The van der Waals surface area contributed by atoms with Crippen LogP contribution >= 0.6 is 0 Å². The second kappa shape index (κ2) is 6.49. The van der Waals surface area contributed by atoms with Gasteiger partial charge < -0.3 is 9.31 Å². The number of rotatable bonds is 5. The van der Waals surface area contributed by atoms with Crippen LogP contribution in [-0.4, -0.2) is 33.3 Å². The van der Waals surface area contributed by atoms with Crippen LogP contribution < -0.4 is 10.2 Å². The Morgan fingerprint density at radius 1 is 1.17 bits per heavy atom.